The first-order valence-corrected chi connectivity index (χ1v) is 7.05. The maximum atomic E-state index is 12.5. The van der Waals surface area contributed by atoms with Crippen molar-refractivity contribution in [2.24, 2.45) is 5.73 Å². The number of likely N-dealkylation sites (tertiary alicyclic amines) is 1. The number of benzene rings is 1. The zero-order valence-electron chi connectivity index (χ0n) is 11.5. The van der Waals surface area contributed by atoms with Crippen LogP contribution in [-0.4, -0.2) is 36.0 Å². The molecule has 0 radical (unpaired) electrons. The van der Waals surface area contributed by atoms with Gasteiger partial charge in [-0.05, 0) is 24.8 Å². The molecule has 0 aliphatic carbocycles. The van der Waals surface area contributed by atoms with E-state index in [0.29, 0.717) is 6.42 Å². The highest BCUT2D eigenvalue weighted by Gasteiger charge is 2.26. The Hall–Kier alpha value is -2.04. The van der Waals surface area contributed by atoms with Crippen molar-refractivity contribution in [3.05, 3.63) is 35.9 Å². The predicted molar refractivity (Wildman–Crippen MR) is 77.1 cm³/mol. The number of nitrogens with zero attached hydrogens (tertiary/aromatic N) is 1. The van der Waals surface area contributed by atoms with Crippen molar-refractivity contribution in [1.82, 2.24) is 10.2 Å². The molecule has 20 heavy (non-hydrogen) atoms. The number of hydrogen-bond acceptors (Lipinski definition) is 2. The fraction of sp³-hybridized carbons (Fsp3) is 0.467. The lowest BCUT2D eigenvalue weighted by molar-refractivity contribution is -0.134. The van der Waals surface area contributed by atoms with Gasteiger partial charge < -0.3 is 16.0 Å². The highest BCUT2D eigenvalue weighted by Crippen LogP contribution is 2.12. The zero-order chi connectivity index (χ0) is 14.4. The first kappa shape index (κ1) is 14.4. The van der Waals surface area contributed by atoms with Crippen LogP contribution < -0.4 is 11.1 Å². The van der Waals surface area contributed by atoms with E-state index in [-0.39, 0.29) is 5.91 Å². The van der Waals surface area contributed by atoms with E-state index >= 15 is 0 Å². The van der Waals surface area contributed by atoms with E-state index in [1.54, 1.807) is 0 Å². The van der Waals surface area contributed by atoms with Gasteiger partial charge in [-0.25, -0.2) is 4.79 Å². The van der Waals surface area contributed by atoms with Crippen LogP contribution in [0.1, 0.15) is 24.8 Å². The fourth-order valence-electron chi connectivity index (χ4n) is 2.56. The summed E-state index contributed by atoms with van der Waals surface area (Å²) in [6.45, 7) is 1.54. The third-order valence-corrected chi connectivity index (χ3v) is 3.56. The molecular formula is C15H21N3O2. The molecule has 1 aromatic rings. The van der Waals surface area contributed by atoms with Gasteiger partial charge in [0.25, 0.3) is 0 Å². The van der Waals surface area contributed by atoms with Gasteiger partial charge >= 0.3 is 6.03 Å². The quantitative estimate of drug-likeness (QED) is 0.868. The molecule has 5 nitrogen and oxygen atoms in total. The molecule has 0 bridgehead atoms. The molecule has 1 saturated heterocycles. The molecule has 1 fully saturated rings. The number of amides is 3. The Balaban J connectivity index is 2.05. The molecule has 1 atom stereocenters. The van der Waals surface area contributed by atoms with Crippen molar-refractivity contribution in [2.75, 3.05) is 13.1 Å². The minimum Gasteiger partial charge on any atom is -0.352 e. The minimum absolute atomic E-state index is 0.0349. The second kappa shape index (κ2) is 6.93. The lowest BCUT2D eigenvalue weighted by Gasteiger charge is -2.30. The van der Waals surface area contributed by atoms with Crippen molar-refractivity contribution in [2.45, 2.75) is 31.7 Å². The first-order chi connectivity index (χ1) is 9.66. The molecule has 3 amide bonds. The molecule has 108 valence electrons. The highest BCUT2D eigenvalue weighted by molar-refractivity contribution is 5.87. The van der Waals surface area contributed by atoms with Crippen LogP contribution >= 0.6 is 0 Å². The van der Waals surface area contributed by atoms with Crippen LogP contribution in [0, 0.1) is 0 Å². The van der Waals surface area contributed by atoms with E-state index in [1.165, 1.54) is 0 Å². The molecule has 3 N–H and O–H groups in total. The van der Waals surface area contributed by atoms with Gasteiger partial charge in [0, 0.05) is 19.5 Å². The summed E-state index contributed by atoms with van der Waals surface area (Å²) in [6.07, 6.45) is 3.69. The van der Waals surface area contributed by atoms with Crippen LogP contribution in [0.5, 0.6) is 0 Å². The minimum atomic E-state index is -0.656. The van der Waals surface area contributed by atoms with Crippen molar-refractivity contribution in [3.8, 4) is 0 Å². The summed E-state index contributed by atoms with van der Waals surface area (Å²) in [7, 11) is 0. The molecule has 0 aromatic heterocycles. The molecule has 1 aliphatic rings. The molecule has 1 aromatic carbocycles. The monoisotopic (exact) mass is 275 g/mol. The van der Waals surface area contributed by atoms with Gasteiger partial charge in [0.2, 0.25) is 5.91 Å². The van der Waals surface area contributed by atoms with Crippen LogP contribution in [0.4, 0.5) is 4.79 Å². The van der Waals surface area contributed by atoms with Crippen molar-refractivity contribution in [3.63, 3.8) is 0 Å². The van der Waals surface area contributed by atoms with E-state index in [4.69, 9.17) is 5.73 Å². The number of nitrogens with one attached hydrogen (secondary N) is 1. The third-order valence-electron chi connectivity index (χ3n) is 3.56. The lowest BCUT2D eigenvalue weighted by atomic mass is 10.0. The van der Waals surface area contributed by atoms with E-state index in [9.17, 15) is 9.59 Å². The molecule has 0 unspecified atom stereocenters. The van der Waals surface area contributed by atoms with E-state index in [0.717, 1.165) is 37.9 Å². The number of primary amides is 1. The Morgan fingerprint density at radius 2 is 1.80 bits per heavy atom. The van der Waals surface area contributed by atoms with Gasteiger partial charge in [-0.15, -0.1) is 0 Å². The number of carbonyl (C=O) groups excluding carboxylic acids is 2. The topological polar surface area (TPSA) is 75.4 Å². The van der Waals surface area contributed by atoms with Crippen LogP contribution in [0.3, 0.4) is 0 Å². The first-order valence-electron chi connectivity index (χ1n) is 7.05. The summed E-state index contributed by atoms with van der Waals surface area (Å²) >= 11 is 0. The Morgan fingerprint density at radius 1 is 1.15 bits per heavy atom. The standard InChI is InChI=1S/C15H21N3O2/c16-15(20)17-13(11-12-7-3-1-4-8-12)14(19)18-9-5-2-6-10-18/h1,3-4,7-8,13H,2,5-6,9-11H2,(H3,16,17,20)/t13-/m0/s1. The second-order valence-electron chi connectivity index (χ2n) is 5.14. The molecule has 2 rings (SSSR count). The molecular weight excluding hydrogens is 254 g/mol. The Labute approximate surface area is 119 Å². The summed E-state index contributed by atoms with van der Waals surface area (Å²) in [4.78, 5) is 25.4. The van der Waals surface area contributed by atoms with Crippen molar-refractivity contribution in [1.29, 1.82) is 0 Å². The largest absolute Gasteiger partial charge is 0.352 e. The lowest BCUT2D eigenvalue weighted by Crippen LogP contribution is -2.52. The highest BCUT2D eigenvalue weighted by atomic mass is 16.2. The molecule has 0 spiro atoms. The number of nitrogens with two attached hydrogens (primary N) is 1. The van der Waals surface area contributed by atoms with Crippen molar-refractivity contribution < 1.29 is 9.59 Å². The molecule has 5 heteroatoms. The van der Waals surface area contributed by atoms with Gasteiger partial charge in [0.1, 0.15) is 6.04 Å². The normalized spacial score (nSPS) is 16.5. The average Bonchev–Trinajstić information content (AvgIpc) is 2.47. The smallest absolute Gasteiger partial charge is 0.312 e. The van der Waals surface area contributed by atoms with Gasteiger partial charge in [0.05, 0.1) is 0 Å². The van der Waals surface area contributed by atoms with Crippen LogP contribution in [0.2, 0.25) is 0 Å². The number of hydrogen-bond donors (Lipinski definition) is 2. The van der Waals surface area contributed by atoms with E-state index in [1.807, 2.05) is 35.2 Å². The maximum absolute atomic E-state index is 12.5. The van der Waals surface area contributed by atoms with Gasteiger partial charge in [0.15, 0.2) is 0 Å². The second-order valence-corrected chi connectivity index (χ2v) is 5.14. The van der Waals surface area contributed by atoms with Crippen molar-refractivity contribution >= 4 is 11.9 Å². The number of rotatable bonds is 4. The van der Waals surface area contributed by atoms with Gasteiger partial charge in [-0.3, -0.25) is 4.79 Å². The summed E-state index contributed by atoms with van der Waals surface area (Å²) in [5.74, 6) is -0.0349. The SMILES string of the molecule is NC(=O)N[C@@H](Cc1ccccc1)C(=O)N1CCCCC1. The third kappa shape index (κ3) is 3.98. The van der Waals surface area contributed by atoms with Gasteiger partial charge in [-0.1, -0.05) is 30.3 Å². The van der Waals surface area contributed by atoms with Gasteiger partial charge in [-0.2, -0.15) is 0 Å². The molecule has 1 aliphatic heterocycles. The number of piperidine rings is 1. The fourth-order valence-corrected chi connectivity index (χ4v) is 2.56. The molecule has 0 saturated carbocycles. The Kier molecular flexibility index (Phi) is 4.98. The zero-order valence-corrected chi connectivity index (χ0v) is 11.5. The summed E-state index contributed by atoms with van der Waals surface area (Å²) in [5.41, 5.74) is 6.20. The Bertz CT molecular complexity index is 455. The number of urea groups is 1. The number of carbonyl (C=O) groups is 2. The van der Waals surface area contributed by atoms with E-state index < -0.39 is 12.1 Å². The van der Waals surface area contributed by atoms with Crippen LogP contribution in [-0.2, 0) is 11.2 Å². The predicted octanol–water partition coefficient (Wildman–Crippen LogP) is 1.28. The summed E-state index contributed by atoms with van der Waals surface area (Å²) in [5, 5.41) is 2.57. The maximum Gasteiger partial charge on any atom is 0.312 e. The average molecular weight is 275 g/mol. The van der Waals surface area contributed by atoms with Crippen LogP contribution in [0.15, 0.2) is 30.3 Å². The molecule has 1 heterocycles. The van der Waals surface area contributed by atoms with Crippen LogP contribution in [0.25, 0.3) is 0 Å². The van der Waals surface area contributed by atoms with E-state index in [2.05, 4.69) is 5.32 Å². The summed E-state index contributed by atoms with van der Waals surface area (Å²) < 4.78 is 0. The Morgan fingerprint density at radius 3 is 2.40 bits per heavy atom. The summed E-state index contributed by atoms with van der Waals surface area (Å²) in [6, 6.07) is 8.42.